The molecule has 0 saturated heterocycles. The highest BCUT2D eigenvalue weighted by Gasteiger charge is 2.44. The standard InChI is InChI=1S/C26H32N2O5S/c1-17-11-19(13-24(18(17)2)34(30,31)27(3)4)25(29)28-15-20-12-22-23(33-10-9-32-22)14-21(20)26(16-28)7-5-6-8-26/h11-14H,5-10,15-16H2,1-4H3. The molecule has 0 aromatic heterocycles. The summed E-state index contributed by atoms with van der Waals surface area (Å²) in [7, 11) is -0.645. The van der Waals surface area contributed by atoms with Crippen LogP contribution in [0.4, 0.5) is 0 Å². The zero-order valence-electron chi connectivity index (χ0n) is 20.3. The lowest BCUT2D eigenvalue weighted by Crippen LogP contribution is -2.47. The molecule has 1 amide bonds. The Kier molecular flexibility index (Phi) is 5.64. The minimum absolute atomic E-state index is 0.0998. The van der Waals surface area contributed by atoms with Crippen LogP contribution in [0.5, 0.6) is 11.5 Å². The van der Waals surface area contributed by atoms with Gasteiger partial charge in [0.05, 0.1) is 4.90 Å². The number of hydrogen-bond donors (Lipinski definition) is 0. The summed E-state index contributed by atoms with van der Waals surface area (Å²) in [5, 5.41) is 0. The molecule has 2 aliphatic heterocycles. The smallest absolute Gasteiger partial charge is 0.254 e. The first-order valence-corrected chi connectivity index (χ1v) is 13.3. The van der Waals surface area contributed by atoms with Crippen LogP contribution in [0.25, 0.3) is 0 Å². The summed E-state index contributed by atoms with van der Waals surface area (Å²) < 4.78 is 38.7. The van der Waals surface area contributed by atoms with Gasteiger partial charge in [0, 0.05) is 38.2 Å². The normalized spacial score (nSPS) is 18.9. The average molecular weight is 485 g/mol. The van der Waals surface area contributed by atoms with Gasteiger partial charge in [-0.2, -0.15) is 0 Å². The minimum Gasteiger partial charge on any atom is -0.486 e. The Bertz CT molecular complexity index is 1260. The Hall–Kier alpha value is -2.58. The maximum absolute atomic E-state index is 13.8. The number of amides is 1. The third-order valence-electron chi connectivity index (χ3n) is 7.67. The zero-order chi connectivity index (χ0) is 24.3. The molecule has 0 N–H and O–H groups in total. The molecule has 1 saturated carbocycles. The predicted molar refractivity (Wildman–Crippen MR) is 129 cm³/mol. The molecule has 1 aliphatic carbocycles. The van der Waals surface area contributed by atoms with Crippen LogP contribution in [0, 0.1) is 13.8 Å². The van der Waals surface area contributed by atoms with E-state index in [2.05, 4.69) is 6.07 Å². The number of fused-ring (bicyclic) bond motifs is 3. The third-order valence-corrected chi connectivity index (χ3v) is 9.61. The molecule has 3 aliphatic rings. The Morgan fingerprint density at radius 3 is 2.29 bits per heavy atom. The molecule has 0 radical (unpaired) electrons. The van der Waals surface area contributed by atoms with Gasteiger partial charge in [0.15, 0.2) is 11.5 Å². The van der Waals surface area contributed by atoms with Crippen molar-refractivity contribution in [3.05, 3.63) is 52.1 Å². The summed E-state index contributed by atoms with van der Waals surface area (Å²) in [6, 6.07) is 7.52. The number of sulfonamides is 1. The Morgan fingerprint density at radius 2 is 1.65 bits per heavy atom. The van der Waals surface area contributed by atoms with Gasteiger partial charge < -0.3 is 14.4 Å². The molecular formula is C26H32N2O5S. The van der Waals surface area contributed by atoms with Crippen LogP contribution in [-0.2, 0) is 22.0 Å². The van der Waals surface area contributed by atoms with E-state index >= 15 is 0 Å². The molecule has 2 heterocycles. The molecule has 7 nitrogen and oxygen atoms in total. The zero-order valence-corrected chi connectivity index (χ0v) is 21.1. The summed E-state index contributed by atoms with van der Waals surface area (Å²) in [6.07, 6.45) is 4.31. The number of ether oxygens (including phenoxy) is 2. The first kappa shape index (κ1) is 23.2. The van der Waals surface area contributed by atoms with Crippen LogP contribution >= 0.6 is 0 Å². The summed E-state index contributed by atoms with van der Waals surface area (Å²) >= 11 is 0. The number of benzene rings is 2. The van der Waals surface area contributed by atoms with E-state index in [0.717, 1.165) is 48.3 Å². The second-order valence-corrected chi connectivity index (χ2v) is 12.1. The number of hydrogen-bond acceptors (Lipinski definition) is 5. The molecule has 8 heteroatoms. The highest BCUT2D eigenvalue weighted by Crippen LogP contribution is 2.49. The van der Waals surface area contributed by atoms with E-state index in [1.807, 2.05) is 24.0 Å². The largest absolute Gasteiger partial charge is 0.486 e. The molecule has 0 unspecified atom stereocenters. The van der Waals surface area contributed by atoms with Crippen molar-refractivity contribution in [2.75, 3.05) is 33.9 Å². The van der Waals surface area contributed by atoms with Crippen LogP contribution in [0.15, 0.2) is 29.2 Å². The van der Waals surface area contributed by atoms with Gasteiger partial charge in [-0.25, -0.2) is 12.7 Å². The average Bonchev–Trinajstić information content (AvgIpc) is 3.27. The lowest BCUT2D eigenvalue weighted by Gasteiger charge is -2.43. The van der Waals surface area contributed by atoms with E-state index in [1.54, 1.807) is 13.0 Å². The number of nitrogens with zero attached hydrogens (tertiary/aromatic N) is 2. The van der Waals surface area contributed by atoms with Crippen LogP contribution < -0.4 is 9.47 Å². The second kappa shape index (κ2) is 8.27. The summed E-state index contributed by atoms with van der Waals surface area (Å²) in [5.41, 5.74) is 4.14. The molecule has 182 valence electrons. The first-order chi connectivity index (χ1) is 16.1. The van der Waals surface area contributed by atoms with Crippen LogP contribution in [-0.4, -0.2) is 57.4 Å². The predicted octanol–water partition coefficient (Wildman–Crippen LogP) is 3.79. The van der Waals surface area contributed by atoms with Crippen molar-refractivity contribution in [3.63, 3.8) is 0 Å². The van der Waals surface area contributed by atoms with Crippen molar-refractivity contribution in [2.45, 2.75) is 56.4 Å². The minimum atomic E-state index is -3.67. The van der Waals surface area contributed by atoms with Gasteiger partial charge in [-0.3, -0.25) is 4.79 Å². The van der Waals surface area contributed by atoms with Crippen LogP contribution in [0.1, 0.15) is 58.3 Å². The lowest BCUT2D eigenvalue weighted by molar-refractivity contribution is 0.0668. The highest BCUT2D eigenvalue weighted by atomic mass is 32.2. The summed E-state index contributed by atoms with van der Waals surface area (Å²) in [4.78, 5) is 15.9. The van der Waals surface area contributed by atoms with Crippen LogP contribution in [0.3, 0.4) is 0 Å². The summed E-state index contributed by atoms with van der Waals surface area (Å²) in [5.74, 6) is 1.40. The molecule has 0 atom stereocenters. The fraction of sp³-hybridized carbons (Fsp3) is 0.500. The van der Waals surface area contributed by atoms with Gasteiger partial charge in [-0.1, -0.05) is 12.8 Å². The van der Waals surface area contributed by atoms with Gasteiger partial charge in [-0.05, 0) is 73.2 Å². The number of carbonyl (C=O) groups excluding carboxylic acids is 1. The Balaban J connectivity index is 1.56. The first-order valence-electron chi connectivity index (χ1n) is 11.9. The molecule has 2 aromatic carbocycles. The SMILES string of the molecule is Cc1cc(C(=O)N2Cc3cc4c(cc3C3(CCCC3)C2)OCCO4)cc(S(=O)(=O)N(C)C)c1C. The van der Waals surface area contributed by atoms with Gasteiger partial charge in [0.1, 0.15) is 13.2 Å². The van der Waals surface area contributed by atoms with Gasteiger partial charge in [-0.15, -0.1) is 0 Å². The van der Waals surface area contributed by atoms with E-state index < -0.39 is 10.0 Å². The lowest BCUT2D eigenvalue weighted by atomic mass is 9.73. The van der Waals surface area contributed by atoms with Crippen molar-refractivity contribution in [3.8, 4) is 11.5 Å². The van der Waals surface area contributed by atoms with E-state index in [4.69, 9.17) is 9.47 Å². The van der Waals surface area contributed by atoms with Crippen LogP contribution in [0.2, 0.25) is 0 Å². The molecular weight excluding hydrogens is 452 g/mol. The van der Waals surface area contributed by atoms with Gasteiger partial charge in [0.2, 0.25) is 10.0 Å². The maximum Gasteiger partial charge on any atom is 0.254 e. The molecule has 1 fully saturated rings. The van der Waals surface area contributed by atoms with E-state index in [-0.39, 0.29) is 16.2 Å². The fourth-order valence-electron chi connectivity index (χ4n) is 5.69. The molecule has 1 spiro atoms. The van der Waals surface area contributed by atoms with E-state index in [9.17, 15) is 13.2 Å². The van der Waals surface area contributed by atoms with Crippen molar-refractivity contribution in [2.24, 2.45) is 0 Å². The highest BCUT2D eigenvalue weighted by molar-refractivity contribution is 7.89. The topological polar surface area (TPSA) is 76.1 Å². The Morgan fingerprint density at radius 1 is 1.00 bits per heavy atom. The molecule has 34 heavy (non-hydrogen) atoms. The van der Waals surface area contributed by atoms with Crippen molar-refractivity contribution in [1.82, 2.24) is 9.21 Å². The summed E-state index contributed by atoms with van der Waals surface area (Å²) in [6.45, 7) is 5.81. The monoisotopic (exact) mass is 484 g/mol. The van der Waals surface area contributed by atoms with E-state index in [0.29, 0.717) is 37.4 Å². The van der Waals surface area contributed by atoms with Crippen molar-refractivity contribution in [1.29, 1.82) is 0 Å². The van der Waals surface area contributed by atoms with Gasteiger partial charge in [0.25, 0.3) is 5.91 Å². The maximum atomic E-state index is 13.8. The second-order valence-electron chi connectivity index (χ2n) is 10.0. The number of carbonyl (C=O) groups is 1. The molecule has 5 rings (SSSR count). The third kappa shape index (κ3) is 3.67. The fourth-order valence-corrected chi connectivity index (χ4v) is 6.91. The van der Waals surface area contributed by atoms with Crippen molar-refractivity contribution < 1.29 is 22.7 Å². The molecule has 2 aromatic rings. The Labute approximate surface area is 201 Å². The van der Waals surface area contributed by atoms with Crippen molar-refractivity contribution >= 4 is 15.9 Å². The quantitative estimate of drug-likeness (QED) is 0.663. The van der Waals surface area contributed by atoms with E-state index in [1.165, 1.54) is 24.0 Å². The number of aryl methyl sites for hydroxylation is 1. The number of rotatable bonds is 3. The molecule has 0 bridgehead atoms. The van der Waals surface area contributed by atoms with Gasteiger partial charge >= 0.3 is 0 Å².